The third-order valence-corrected chi connectivity index (χ3v) is 3.93. The lowest BCUT2D eigenvalue weighted by Crippen LogP contribution is -2.02. The molecule has 2 aromatic rings. The van der Waals surface area contributed by atoms with Crippen molar-refractivity contribution >= 4 is 34.5 Å². The van der Waals surface area contributed by atoms with E-state index in [2.05, 4.69) is 0 Å². The summed E-state index contributed by atoms with van der Waals surface area (Å²) in [5.41, 5.74) is 1.00. The molecule has 0 aliphatic carbocycles. The molecule has 1 aromatic heterocycles. The Morgan fingerprint density at radius 3 is 2.59 bits per heavy atom. The van der Waals surface area contributed by atoms with Gasteiger partial charge in [0.1, 0.15) is 10.2 Å². The lowest BCUT2D eigenvalue weighted by Gasteiger charge is -2.10. The van der Waals surface area contributed by atoms with Crippen LogP contribution in [-0.2, 0) is 6.42 Å². The van der Waals surface area contributed by atoms with E-state index >= 15 is 0 Å². The van der Waals surface area contributed by atoms with Crippen molar-refractivity contribution in [1.29, 1.82) is 0 Å². The number of rotatable bonds is 3. The quantitative estimate of drug-likeness (QED) is 0.884. The first-order chi connectivity index (χ1) is 8.08. The second kappa shape index (κ2) is 5.36. The first-order valence-electron chi connectivity index (χ1n) is 4.94. The Balaban J connectivity index is 2.20. The van der Waals surface area contributed by atoms with Crippen LogP contribution in [0.5, 0.6) is 0 Å². The Kier molecular flexibility index (Phi) is 4.05. The summed E-state index contributed by atoms with van der Waals surface area (Å²) in [6.07, 6.45) is -0.664. The van der Waals surface area contributed by atoms with Gasteiger partial charge in [0.05, 0.1) is 10.4 Å². The Morgan fingerprint density at radius 1 is 1.29 bits per heavy atom. The number of aliphatic hydroxyl groups is 1. The zero-order valence-electron chi connectivity index (χ0n) is 8.66. The van der Waals surface area contributed by atoms with Crippen molar-refractivity contribution in [2.45, 2.75) is 12.5 Å². The fourth-order valence-electron chi connectivity index (χ4n) is 1.56. The molecule has 0 amide bonds. The maximum Gasteiger partial charge on any atom is 0.126 e. The van der Waals surface area contributed by atoms with Crippen molar-refractivity contribution in [3.05, 3.63) is 55.9 Å². The average molecular weight is 291 g/mol. The van der Waals surface area contributed by atoms with Crippen LogP contribution in [-0.4, -0.2) is 5.11 Å². The lowest BCUT2D eigenvalue weighted by molar-refractivity contribution is 0.177. The minimum absolute atomic E-state index is 0.180. The third-order valence-electron chi connectivity index (χ3n) is 2.41. The highest BCUT2D eigenvalue weighted by Gasteiger charge is 2.16. The van der Waals surface area contributed by atoms with E-state index in [4.69, 9.17) is 23.2 Å². The molecule has 90 valence electrons. The van der Waals surface area contributed by atoms with Gasteiger partial charge in [0.15, 0.2) is 0 Å². The summed E-state index contributed by atoms with van der Waals surface area (Å²) >= 11 is 12.9. The van der Waals surface area contributed by atoms with Crippen LogP contribution in [0, 0.1) is 5.82 Å². The molecule has 5 heteroatoms. The summed E-state index contributed by atoms with van der Waals surface area (Å²) in [5.74, 6) is -0.330. The number of aliphatic hydroxyl groups excluding tert-OH is 1. The lowest BCUT2D eigenvalue weighted by atomic mass is 10.0. The molecule has 0 aliphatic rings. The van der Waals surface area contributed by atoms with Crippen molar-refractivity contribution in [1.82, 2.24) is 0 Å². The number of halogens is 3. The van der Waals surface area contributed by atoms with Crippen LogP contribution in [0.15, 0.2) is 30.3 Å². The van der Waals surface area contributed by atoms with Gasteiger partial charge >= 0.3 is 0 Å². The Morgan fingerprint density at radius 2 is 2.00 bits per heavy atom. The zero-order valence-corrected chi connectivity index (χ0v) is 11.0. The van der Waals surface area contributed by atoms with Gasteiger partial charge in [-0.1, -0.05) is 41.4 Å². The minimum Gasteiger partial charge on any atom is -0.388 e. The first-order valence-corrected chi connectivity index (χ1v) is 6.51. The molecule has 0 saturated carbocycles. The average Bonchev–Trinajstić information content (AvgIpc) is 2.61. The van der Waals surface area contributed by atoms with Gasteiger partial charge in [0.25, 0.3) is 0 Å². The van der Waals surface area contributed by atoms with Gasteiger partial charge in [0.2, 0.25) is 0 Å². The second-order valence-electron chi connectivity index (χ2n) is 3.59. The van der Waals surface area contributed by atoms with Crippen molar-refractivity contribution in [2.24, 2.45) is 0 Å². The van der Waals surface area contributed by atoms with E-state index in [9.17, 15) is 9.50 Å². The maximum atomic E-state index is 13.4. The fourth-order valence-corrected chi connectivity index (χ4v) is 3.13. The van der Waals surface area contributed by atoms with E-state index in [1.165, 1.54) is 17.4 Å². The third kappa shape index (κ3) is 2.99. The highest BCUT2D eigenvalue weighted by molar-refractivity contribution is 7.20. The van der Waals surface area contributed by atoms with Gasteiger partial charge in [-0.25, -0.2) is 4.39 Å². The summed E-state index contributed by atoms with van der Waals surface area (Å²) in [4.78, 5) is 0. The van der Waals surface area contributed by atoms with Gasteiger partial charge in [-0.2, -0.15) is 0 Å². The fraction of sp³-hybridized carbons (Fsp3) is 0.167. The molecule has 1 unspecified atom stereocenters. The van der Waals surface area contributed by atoms with Crippen LogP contribution in [0.2, 0.25) is 8.67 Å². The SMILES string of the molecule is OC(Cc1ccccc1F)c1cc(Cl)sc1Cl. The molecule has 17 heavy (non-hydrogen) atoms. The van der Waals surface area contributed by atoms with Gasteiger partial charge in [-0.05, 0) is 17.7 Å². The number of hydrogen-bond donors (Lipinski definition) is 1. The molecule has 1 heterocycles. The van der Waals surface area contributed by atoms with Gasteiger partial charge in [-0.15, -0.1) is 11.3 Å². The monoisotopic (exact) mass is 290 g/mol. The number of hydrogen-bond acceptors (Lipinski definition) is 2. The molecular weight excluding hydrogens is 282 g/mol. The second-order valence-corrected chi connectivity index (χ2v) is 5.88. The van der Waals surface area contributed by atoms with Gasteiger partial charge in [0, 0.05) is 12.0 Å². The van der Waals surface area contributed by atoms with E-state index in [0.29, 0.717) is 19.8 Å². The van der Waals surface area contributed by atoms with Crippen LogP contribution in [0.1, 0.15) is 17.2 Å². The molecule has 1 atom stereocenters. The molecule has 0 bridgehead atoms. The van der Waals surface area contributed by atoms with E-state index in [-0.39, 0.29) is 12.2 Å². The molecule has 0 radical (unpaired) electrons. The Hall–Kier alpha value is -0.610. The number of benzene rings is 1. The van der Waals surface area contributed by atoms with Crippen molar-refractivity contribution in [3.8, 4) is 0 Å². The van der Waals surface area contributed by atoms with Gasteiger partial charge in [-0.3, -0.25) is 0 Å². The van der Waals surface area contributed by atoms with E-state index in [1.54, 1.807) is 24.3 Å². The standard InChI is InChI=1S/C12H9Cl2FOS/c13-11-6-8(12(14)17-11)10(16)5-7-3-1-2-4-9(7)15/h1-4,6,10,16H,5H2. The van der Waals surface area contributed by atoms with Crippen molar-refractivity contribution in [2.75, 3.05) is 0 Å². The predicted molar refractivity (Wildman–Crippen MR) is 69.4 cm³/mol. The van der Waals surface area contributed by atoms with E-state index in [0.717, 1.165) is 0 Å². The van der Waals surface area contributed by atoms with Crippen LogP contribution in [0.3, 0.4) is 0 Å². The predicted octanol–water partition coefficient (Wildman–Crippen LogP) is 4.47. The van der Waals surface area contributed by atoms with Crippen LogP contribution < -0.4 is 0 Å². The molecule has 0 fully saturated rings. The first kappa shape index (κ1) is 12.8. The molecule has 0 spiro atoms. The summed E-state index contributed by atoms with van der Waals surface area (Å²) in [5, 5.41) is 9.99. The topological polar surface area (TPSA) is 20.2 Å². The Labute approximate surface area is 112 Å². The highest BCUT2D eigenvalue weighted by Crippen LogP contribution is 2.36. The van der Waals surface area contributed by atoms with Crippen molar-refractivity contribution in [3.63, 3.8) is 0 Å². The minimum atomic E-state index is -0.844. The largest absolute Gasteiger partial charge is 0.388 e. The molecule has 0 aliphatic heterocycles. The molecule has 1 N–H and O–H groups in total. The van der Waals surface area contributed by atoms with Crippen LogP contribution in [0.4, 0.5) is 4.39 Å². The maximum absolute atomic E-state index is 13.4. The summed E-state index contributed by atoms with van der Waals surface area (Å²) < 4.78 is 14.4. The molecule has 1 aromatic carbocycles. The van der Waals surface area contributed by atoms with Crippen LogP contribution >= 0.6 is 34.5 Å². The molecule has 0 saturated heterocycles. The molecule has 1 nitrogen and oxygen atoms in total. The van der Waals surface area contributed by atoms with Crippen LogP contribution in [0.25, 0.3) is 0 Å². The number of thiophene rings is 1. The molecular formula is C12H9Cl2FOS. The summed E-state index contributed by atoms with van der Waals surface area (Å²) in [6.45, 7) is 0. The van der Waals surface area contributed by atoms with Crippen molar-refractivity contribution < 1.29 is 9.50 Å². The summed E-state index contributed by atoms with van der Waals surface area (Å²) in [6, 6.07) is 7.96. The normalized spacial score (nSPS) is 12.7. The zero-order chi connectivity index (χ0) is 12.4. The molecule has 2 rings (SSSR count). The van der Waals surface area contributed by atoms with Gasteiger partial charge < -0.3 is 5.11 Å². The van der Waals surface area contributed by atoms with E-state index in [1.807, 2.05) is 0 Å². The van der Waals surface area contributed by atoms with E-state index < -0.39 is 6.10 Å². The smallest absolute Gasteiger partial charge is 0.126 e. The Bertz CT molecular complexity index is 527. The summed E-state index contributed by atoms with van der Waals surface area (Å²) in [7, 11) is 0. The highest BCUT2D eigenvalue weighted by atomic mass is 35.5.